The van der Waals surface area contributed by atoms with Crippen LogP contribution < -0.4 is 15.5 Å². The van der Waals surface area contributed by atoms with Gasteiger partial charge in [0, 0.05) is 30.4 Å². The Bertz CT molecular complexity index is 769. The fraction of sp³-hybridized carbons (Fsp3) is 0.353. The van der Waals surface area contributed by atoms with Gasteiger partial charge in [0.1, 0.15) is 5.76 Å². The summed E-state index contributed by atoms with van der Waals surface area (Å²) >= 11 is 0. The van der Waals surface area contributed by atoms with E-state index < -0.39 is 0 Å². The quantitative estimate of drug-likeness (QED) is 0.880. The van der Waals surface area contributed by atoms with Crippen LogP contribution >= 0.6 is 0 Å². The lowest BCUT2D eigenvalue weighted by Crippen LogP contribution is -2.25. The summed E-state index contributed by atoms with van der Waals surface area (Å²) in [6.45, 7) is 4.61. The number of aryl methyl sites for hydroxylation is 2. The first-order valence-corrected chi connectivity index (χ1v) is 7.91. The molecule has 126 valence electrons. The maximum absolute atomic E-state index is 11.9. The molecule has 0 spiro atoms. The van der Waals surface area contributed by atoms with E-state index in [-0.39, 0.29) is 18.4 Å². The number of nitrogens with zero attached hydrogens (tertiary/aromatic N) is 2. The molecule has 2 N–H and O–H groups in total. The molecule has 2 amide bonds. The largest absolute Gasteiger partial charge is 0.376 e. The van der Waals surface area contributed by atoms with E-state index in [9.17, 15) is 9.59 Å². The summed E-state index contributed by atoms with van der Waals surface area (Å²) in [5.41, 5.74) is 2.77. The van der Waals surface area contributed by atoms with E-state index in [0.29, 0.717) is 18.0 Å². The minimum Gasteiger partial charge on any atom is -0.376 e. The van der Waals surface area contributed by atoms with Gasteiger partial charge in [-0.25, -0.2) is 0 Å². The van der Waals surface area contributed by atoms with Gasteiger partial charge in [0.25, 0.3) is 0 Å². The highest BCUT2D eigenvalue weighted by atomic mass is 16.5. The van der Waals surface area contributed by atoms with E-state index in [4.69, 9.17) is 4.52 Å². The second kappa shape index (κ2) is 6.74. The van der Waals surface area contributed by atoms with Crippen molar-refractivity contribution in [2.45, 2.75) is 26.7 Å². The van der Waals surface area contributed by atoms with Crippen LogP contribution in [0.15, 0.2) is 28.8 Å². The number of anilines is 3. The molecule has 0 aliphatic carbocycles. The van der Waals surface area contributed by atoms with Crippen LogP contribution in [0, 0.1) is 13.8 Å². The zero-order valence-electron chi connectivity index (χ0n) is 13.8. The van der Waals surface area contributed by atoms with Gasteiger partial charge in [-0.3, -0.25) is 9.59 Å². The molecule has 2 aromatic rings. The van der Waals surface area contributed by atoms with Crippen LogP contribution in [0.5, 0.6) is 0 Å². The first-order valence-electron chi connectivity index (χ1n) is 7.91. The van der Waals surface area contributed by atoms with E-state index in [2.05, 4.69) is 15.8 Å². The van der Waals surface area contributed by atoms with Gasteiger partial charge >= 0.3 is 0 Å². The topological polar surface area (TPSA) is 87.5 Å². The van der Waals surface area contributed by atoms with E-state index in [1.54, 1.807) is 13.0 Å². The predicted octanol–water partition coefficient (Wildman–Crippen LogP) is 2.47. The molecule has 1 aliphatic heterocycles. The first kappa shape index (κ1) is 16.0. The lowest BCUT2D eigenvalue weighted by atomic mass is 10.1. The van der Waals surface area contributed by atoms with Gasteiger partial charge in [0.15, 0.2) is 5.82 Å². The Morgan fingerprint density at radius 2 is 2.17 bits per heavy atom. The number of hydrogen-bond donors (Lipinski definition) is 2. The second-order valence-corrected chi connectivity index (χ2v) is 5.87. The van der Waals surface area contributed by atoms with E-state index in [0.717, 1.165) is 29.9 Å². The average molecular weight is 328 g/mol. The van der Waals surface area contributed by atoms with Crippen molar-refractivity contribution in [1.29, 1.82) is 0 Å². The Balaban J connectivity index is 1.58. The molecule has 0 radical (unpaired) electrons. The Labute approximate surface area is 140 Å². The molecular formula is C17H20N4O3. The van der Waals surface area contributed by atoms with Crippen molar-refractivity contribution in [2.24, 2.45) is 0 Å². The molecule has 1 fully saturated rings. The van der Waals surface area contributed by atoms with Gasteiger partial charge in [-0.2, -0.15) is 0 Å². The van der Waals surface area contributed by atoms with E-state index in [1.807, 2.05) is 30.0 Å². The Morgan fingerprint density at radius 3 is 2.79 bits per heavy atom. The zero-order valence-corrected chi connectivity index (χ0v) is 13.8. The number of aromatic nitrogens is 1. The van der Waals surface area contributed by atoms with Crippen molar-refractivity contribution in [3.05, 3.63) is 35.6 Å². The summed E-state index contributed by atoms with van der Waals surface area (Å²) in [4.78, 5) is 25.6. The van der Waals surface area contributed by atoms with Crippen molar-refractivity contribution in [3.63, 3.8) is 0 Å². The smallest absolute Gasteiger partial charge is 0.244 e. The van der Waals surface area contributed by atoms with Gasteiger partial charge in [-0.1, -0.05) is 5.16 Å². The normalized spacial score (nSPS) is 14.1. The minimum atomic E-state index is -0.209. The summed E-state index contributed by atoms with van der Waals surface area (Å²) in [7, 11) is 0. The van der Waals surface area contributed by atoms with Crippen LogP contribution in [-0.2, 0) is 9.59 Å². The Morgan fingerprint density at radius 1 is 1.33 bits per heavy atom. The van der Waals surface area contributed by atoms with Crippen molar-refractivity contribution in [2.75, 3.05) is 28.6 Å². The third-order valence-corrected chi connectivity index (χ3v) is 3.91. The molecule has 1 aliphatic rings. The highest BCUT2D eigenvalue weighted by Gasteiger charge is 2.22. The highest BCUT2D eigenvalue weighted by molar-refractivity contribution is 5.96. The number of amides is 2. The molecule has 1 aromatic carbocycles. The molecule has 2 heterocycles. The van der Waals surface area contributed by atoms with Crippen LogP contribution in [0.1, 0.15) is 24.2 Å². The minimum absolute atomic E-state index is 0.118. The molecule has 0 atom stereocenters. The maximum atomic E-state index is 11.9. The van der Waals surface area contributed by atoms with Gasteiger partial charge in [-0.05, 0) is 44.0 Å². The fourth-order valence-corrected chi connectivity index (χ4v) is 2.77. The zero-order chi connectivity index (χ0) is 17.1. The standard InChI is InChI=1S/C17H20N4O3/c1-11-8-13(5-6-14(11)21-7-3-4-17(21)23)18-10-16(22)19-15-9-12(2)24-20-15/h5-6,8-9,18H,3-4,7,10H2,1-2H3,(H,19,20,22). The molecular weight excluding hydrogens is 308 g/mol. The van der Waals surface area contributed by atoms with Crippen LogP contribution in [-0.4, -0.2) is 30.1 Å². The summed E-state index contributed by atoms with van der Waals surface area (Å²) in [6.07, 6.45) is 1.51. The molecule has 1 saturated heterocycles. The summed E-state index contributed by atoms with van der Waals surface area (Å²) in [6, 6.07) is 7.39. The molecule has 0 saturated carbocycles. The third-order valence-electron chi connectivity index (χ3n) is 3.91. The number of benzene rings is 1. The monoisotopic (exact) mass is 328 g/mol. The molecule has 7 heteroatoms. The van der Waals surface area contributed by atoms with Crippen molar-refractivity contribution >= 4 is 29.0 Å². The van der Waals surface area contributed by atoms with E-state index >= 15 is 0 Å². The second-order valence-electron chi connectivity index (χ2n) is 5.87. The highest BCUT2D eigenvalue weighted by Crippen LogP contribution is 2.27. The van der Waals surface area contributed by atoms with Crippen LogP contribution in [0.25, 0.3) is 0 Å². The predicted molar refractivity (Wildman–Crippen MR) is 91.1 cm³/mol. The molecule has 1 aromatic heterocycles. The Kier molecular flexibility index (Phi) is 4.50. The number of carbonyl (C=O) groups excluding carboxylic acids is 2. The van der Waals surface area contributed by atoms with Crippen molar-refractivity contribution < 1.29 is 14.1 Å². The summed E-state index contributed by atoms with van der Waals surface area (Å²) in [5.74, 6) is 1.00. The number of nitrogens with one attached hydrogen (secondary N) is 2. The van der Waals surface area contributed by atoms with Crippen molar-refractivity contribution in [1.82, 2.24) is 5.16 Å². The Hall–Kier alpha value is -2.83. The van der Waals surface area contributed by atoms with Gasteiger partial charge in [0.05, 0.1) is 6.54 Å². The van der Waals surface area contributed by atoms with Crippen LogP contribution in [0.2, 0.25) is 0 Å². The summed E-state index contributed by atoms with van der Waals surface area (Å²) in [5, 5.41) is 9.43. The molecule has 0 unspecified atom stereocenters. The molecule has 3 rings (SSSR count). The van der Waals surface area contributed by atoms with Gasteiger partial charge in [-0.15, -0.1) is 0 Å². The average Bonchev–Trinajstić information content (AvgIpc) is 3.14. The SMILES string of the molecule is Cc1cc(NC(=O)CNc2ccc(N3CCCC3=O)c(C)c2)no1. The lowest BCUT2D eigenvalue weighted by Gasteiger charge is -2.19. The maximum Gasteiger partial charge on any atom is 0.244 e. The van der Waals surface area contributed by atoms with Crippen LogP contribution in [0.4, 0.5) is 17.2 Å². The molecule has 0 bridgehead atoms. The number of hydrogen-bond acceptors (Lipinski definition) is 5. The third kappa shape index (κ3) is 3.56. The van der Waals surface area contributed by atoms with E-state index in [1.165, 1.54) is 0 Å². The van der Waals surface area contributed by atoms with Gasteiger partial charge in [0.2, 0.25) is 11.8 Å². The van der Waals surface area contributed by atoms with Gasteiger partial charge < -0.3 is 20.1 Å². The first-order chi connectivity index (χ1) is 11.5. The summed E-state index contributed by atoms with van der Waals surface area (Å²) < 4.78 is 4.90. The lowest BCUT2D eigenvalue weighted by molar-refractivity contribution is -0.117. The molecule has 24 heavy (non-hydrogen) atoms. The fourth-order valence-electron chi connectivity index (χ4n) is 2.77. The van der Waals surface area contributed by atoms with Crippen molar-refractivity contribution in [3.8, 4) is 0 Å². The molecule has 7 nitrogen and oxygen atoms in total. The number of rotatable bonds is 5. The number of carbonyl (C=O) groups is 2. The van der Waals surface area contributed by atoms with Crippen LogP contribution in [0.3, 0.4) is 0 Å².